The van der Waals surface area contributed by atoms with Crippen molar-refractivity contribution in [2.45, 2.75) is 42.8 Å². The second-order valence-corrected chi connectivity index (χ2v) is 10.6. The number of amides is 1. The predicted molar refractivity (Wildman–Crippen MR) is 115 cm³/mol. The number of carbonyl (C=O) groups is 1. The minimum absolute atomic E-state index is 0.0292. The average molecular weight is 487 g/mol. The third-order valence-electron chi connectivity index (χ3n) is 6.25. The summed E-state index contributed by atoms with van der Waals surface area (Å²) in [6, 6.07) is 10.1. The van der Waals surface area contributed by atoms with Crippen LogP contribution in [0.15, 0.2) is 53.4 Å². The molecule has 1 N–H and O–H groups in total. The highest BCUT2D eigenvalue weighted by Gasteiger charge is 2.41. The van der Waals surface area contributed by atoms with E-state index in [1.165, 1.54) is 30.3 Å². The first-order valence-corrected chi connectivity index (χ1v) is 12.1. The lowest BCUT2D eigenvalue weighted by atomic mass is 9.95. The summed E-state index contributed by atoms with van der Waals surface area (Å²) in [6.07, 6.45) is -0.727. The molecule has 32 heavy (non-hydrogen) atoms. The summed E-state index contributed by atoms with van der Waals surface area (Å²) >= 11 is 5.70. The molecular formula is C22H22ClF3N2O3S. The largest absolute Gasteiger partial charge is 0.417 e. The quantitative estimate of drug-likeness (QED) is 0.634. The Morgan fingerprint density at radius 3 is 2.41 bits per heavy atom. The number of anilines is 1. The molecule has 2 aliphatic carbocycles. The first kappa shape index (κ1) is 22.9. The molecule has 2 bridgehead atoms. The smallest absolute Gasteiger partial charge is 0.352 e. The van der Waals surface area contributed by atoms with E-state index in [0.717, 1.165) is 31.7 Å². The van der Waals surface area contributed by atoms with Gasteiger partial charge in [-0.15, -0.1) is 0 Å². The standard InChI is InChI=1S/C22H22ClF3N2O3S/c23-19-9-8-16(12-18(19)22(24,25)26)28(32(30,31)17-4-2-1-3-5-17)13-21(29)27-20-11-14-6-7-15(20)10-14/h1-5,8-9,12,14-15,20H,6-7,10-11,13H2,(H,27,29)/t14-,15-,20-/m1/s1. The predicted octanol–water partition coefficient (Wildman–Crippen LogP) is 4.86. The van der Waals surface area contributed by atoms with Crippen LogP contribution in [0, 0.1) is 11.8 Å². The monoisotopic (exact) mass is 486 g/mol. The van der Waals surface area contributed by atoms with Crippen LogP contribution in [-0.2, 0) is 21.0 Å². The fourth-order valence-electron chi connectivity index (χ4n) is 4.72. The number of nitrogens with zero attached hydrogens (tertiary/aromatic N) is 1. The van der Waals surface area contributed by atoms with Crippen LogP contribution < -0.4 is 9.62 Å². The second-order valence-electron chi connectivity index (χ2n) is 8.34. The molecule has 2 aliphatic rings. The molecule has 2 aromatic carbocycles. The van der Waals surface area contributed by atoms with Crippen molar-refractivity contribution >= 4 is 33.2 Å². The number of benzene rings is 2. The van der Waals surface area contributed by atoms with Crippen LogP contribution in [0.5, 0.6) is 0 Å². The van der Waals surface area contributed by atoms with E-state index in [0.29, 0.717) is 22.2 Å². The van der Waals surface area contributed by atoms with Gasteiger partial charge in [-0.2, -0.15) is 13.2 Å². The summed E-state index contributed by atoms with van der Waals surface area (Å²) in [4.78, 5) is 12.7. The second kappa shape index (κ2) is 8.59. The van der Waals surface area contributed by atoms with Crippen molar-refractivity contribution < 1.29 is 26.4 Å². The van der Waals surface area contributed by atoms with Crippen LogP contribution in [0.4, 0.5) is 18.9 Å². The Labute approximate surface area is 189 Å². The average Bonchev–Trinajstić information content (AvgIpc) is 3.35. The maximum absolute atomic E-state index is 13.4. The van der Waals surface area contributed by atoms with Gasteiger partial charge < -0.3 is 5.32 Å². The third-order valence-corrected chi connectivity index (χ3v) is 8.36. The van der Waals surface area contributed by atoms with Crippen LogP contribution in [0.2, 0.25) is 5.02 Å². The molecule has 3 atom stereocenters. The molecule has 5 nitrogen and oxygen atoms in total. The Bertz CT molecular complexity index is 1110. The topological polar surface area (TPSA) is 66.5 Å². The Hall–Kier alpha value is -2.26. The van der Waals surface area contributed by atoms with Crippen LogP contribution >= 0.6 is 11.6 Å². The fraction of sp³-hybridized carbons (Fsp3) is 0.409. The summed E-state index contributed by atoms with van der Waals surface area (Å²) < 4.78 is 67.5. The number of fused-ring (bicyclic) bond motifs is 2. The van der Waals surface area contributed by atoms with Crippen molar-refractivity contribution in [1.82, 2.24) is 5.32 Å². The summed E-state index contributed by atoms with van der Waals surface area (Å²) in [5, 5.41) is 2.35. The Balaban J connectivity index is 1.67. The van der Waals surface area contributed by atoms with Crippen LogP contribution in [-0.4, -0.2) is 26.9 Å². The molecule has 0 spiro atoms. The van der Waals surface area contributed by atoms with Gasteiger partial charge in [0.15, 0.2) is 0 Å². The molecule has 2 saturated carbocycles. The van der Waals surface area contributed by atoms with E-state index in [9.17, 15) is 26.4 Å². The highest BCUT2D eigenvalue weighted by molar-refractivity contribution is 7.92. The Kier molecular flexibility index (Phi) is 6.15. The van der Waals surface area contributed by atoms with Crippen molar-refractivity contribution in [2.75, 3.05) is 10.8 Å². The van der Waals surface area contributed by atoms with Gasteiger partial charge in [0.1, 0.15) is 6.54 Å². The van der Waals surface area contributed by atoms with Gasteiger partial charge in [-0.25, -0.2) is 8.42 Å². The van der Waals surface area contributed by atoms with E-state index in [2.05, 4.69) is 5.32 Å². The minimum Gasteiger partial charge on any atom is -0.352 e. The van der Waals surface area contributed by atoms with Gasteiger partial charge in [0, 0.05) is 6.04 Å². The van der Waals surface area contributed by atoms with Crippen molar-refractivity contribution in [2.24, 2.45) is 11.8 Å². The molecule has 172 valence electrons. The van der Waals surface area contributed by atoms with Gasteiger partial charge in [-0.05, 0) is 61.4 Å². The van der Waals surface area contributed by atoms with E-state index >= 15 is 0 Å². The Morgan fingerprint density at radius 2 is 1.81 bits per heavy atom. The minimum atomic E-state index is -4.78. The van der Waals surface area contributed by atoms with Crippen LogP contribution in [0.1, 0.15) is 31.2 Å². The van der Waals surface area contributed by atoms with Crippen molar-refractivity contribution in [3.8, 4) is 0 Å². The van der Waals surface area contributed by atoms with Gasteiger partial charge in [0.2, 0.25) is 5.91 Å². The lowest BCUT2D eigenvalue weighted by Crippen LogP contribution is -2.46. The molecule has 0 aliphatic heterocycles. The summed E-state index contributed by atoms with van der Waals surface area (Å²) in [5.41, 5.74) is -1.45. The molecule has 0 aromatic heterocycles. The van der Waals surface area contributed by atoms with E-state index in [-0.39, 0.29) is 16.6 Å². The maximum Gasteiger partial charge on any atom is 0.417 e. The highest BCUT2D eigenvalue weighted by Crippen LogP contribution is 2.44. The van der Waals surface area contributed by atoms with Crippen molar-refractivity contribution in [3.63, 3.8) is 0 Å². The molecular weight excluding hydrogens is 465 g/mol. The fourth-order valence-corrected chi connectivity index (χ4v) is 6.38. The molecule has 0 unspecified atom stereocenters. The molecule has 0 radical (unpaired) electrons. The summed E-state index contributed by atoms with van der Waals surface area (Å²) in [7, 11) is -4.31. The van der Waals surface area contributed by atoms with Gasteiger partial charge in [-0.3, -0.25) is 9.10 Å². The number of hydrogen-bond donors (Lipinski definition) is 1. The zero-order valence-corrected chi connectivity index (χ0v) is 18.6. The number of rotatable bonds is 6. The molecule has 2 aromatic rings. The van der Waals surface area contributed by atoms with Gasteiger partial charge >= 0.3 is 6.18 Å². The van der Waals surface area contributed by atoms with E-state index in [1.54, 1.807) is 6.07 Å². The van der Waals surface area contributed by atoms with E-state index in [1.807, 2.05) is 0 Å². The zero-order chi connectivity index (χ0) is 23.1. The van der Waals surface area contributed by atoms with Gasteiger partial charge in [-0.1, -0.05) is 36.2 Å². The van der Waals surface area contributed by atoms with E-state index in [4.69, 9.17) is 11.6 Å². The Morgan fingerprint density at radius 1 is 1.09 bits per heavy atom. The normalized spacial score (nSPS) is 22.7. The number of nitrogens with one attached hydrogen (secondary N) is 1. The highest BCUT2D eigenvalue weighted by atomic mass is 35.5. The van der Waals surface area contributed by atoms with Crippen molar-refractivity contribution in [1.29, 1.82) is 0 Å². The molecule has 1 amide bonds. The molecule has 10 heteroatoms. The van der Waals surface area contributed by atoms with Crippen LogP contribution in [0.25, 0.3) is 0 Å². The number of alkyl halides is 3. The van der Waals surface area contributed by atoms with Gasteiger partial charge in [0.25, 0.3) is 10.0 Å². The molecule has 4 rings (SSSR count). The number of hydrogen-bond acceptors (Lipinski definition) is 3. The SMILES string of the molecule is O=C(CN(c1ccc(Cl)c(C(F)(F)F)c1)S(=O)(=O)c1ccccc1)N[C@@H]1C[C@@H]2CC[C@@H]1C2. The van der Waals surface area contributed by atoms with Crippen molar-refractivity contribution in [3.05, 3.63) is 59.1 Å². The maximum atomic E-state index is 13.4. The molecule has 2 fully saturated rings. The number of halogens is 4. The van der Waals surface area contributed by atoms with Gasteiger partial charge in [0.05, 0.1) is 21.2 Å². The summed E-state index contributed by atoms with van der Waals surface area (Å²) in [6.45, 7) is -0.635. The lowest BCUT2D eigenvalue weighted by molar-refractivity contribution is -0.137. The molecule has 0 heterocycles. The van der Waals surface area contributed by atoms with Crippen LogP contribution in [0.3, 0.4) is 0 Å². The summed E-state index contributed by atoms with van der Waals surface area (Å²) in [5.74, 6) is 0.390. The number of carbonyl (C=O) groups excluding carboxylic acids is 1. The zero-order valence-electron chi connectivity index (χ0n) is 17.0. The third kappa shape index (κ3) is 4.59. The number of sulfonamides is 1. The lowest BCUT2D eigenvalue weighted by Gasteiger charge is -2.27. The first-order chi connectivity index (χ1) is 15.1. The van der Waals surface area contributed by atoms with E-state index < -0.39 is 39.2 Å². The molecule has 0 saturated heterocycles. The first-order valence-electron chi connectivity index (χ1n) is 10.3.